The van der Waals surface area contributed by atoms with Crippen LogP contribution in [-0.2, 0) is 16.0 Å². The van der Waals surface area contributed by atoms with E-state index in [1.54, 1.807) is 6.07 Å². The van der Waals surface area contributed by atoms with Gasteiger partial charge in [-0.1, -0.05) is 11.6 Å². The predicted molar refractivity (Wildman–Crippen MR) is 61.4 cm³/mol. The van der Waals surface area contributed by atoms with Crippen molar-refractivity contribution in [3.63, 3.8) is 0 Å². The van der Waals surface area contributed by atoms with Crippen molar-refractivity contribution >= 4 is 28.5 Å². The number of benzene rings is 1. The first-order valence-electron chi connectivity index (χ1n) is 4.92. The highest BCUT2D eigenvalue weighted by Gasteiger charge is 2.05. The second-order valence-electron chi connectivity index (χ2n) is 3.45. The first-order chi connectivity index (χ1) is 7.66. The number of halogens is 1. The van der Waals surface area contributed by atoms with Crippen molar-refractivity contribution in [2.45, 2.75) is 13.3 Å². The molecule has 0 aliphatic carbocycles. The molecule has 0 saturated heterocycles. The number of ether oxygens (including phenoxy) is 1. The molecule has 0 aliphatic rings. The van der Waals surface area contributed by atoms with Gasteiger partial charge in [0.1, 0.15) is 0 Å². The van der Waals surface area contributed by atoms with Crippen LogP contribution in [0, 0.1) is 0 Å². The maximum Gasteiger partial charge on any atom is 0.302 e. The number of aromatic nitrogens is 2. The summed E-state index contributed by atoms with van der Waals surface area (Å²) in [5, 5.41) is 8.71. The van der Waals surface area contributed by atoms with Gasteiger partial charge >= 0.3 is 5.97 Å². The number of carbonyl (C=O) groups excluding carboxylic acids is 1. The summed E-state index contributed by atoms with van der Waals surface area (Å²) >= 11 is 5.85. The molecule has 0 amide bonds. The zero-order valence-electron chi connectivity index (χ0n) is 8.79. The smallest absolute Gasteiger partial charge is 0.302 e. The molecule has 1 aromatic heterocycles. The van der Waals surface area contributed by atoms with E-state index in [1.807, 2.05) is 12.1 Å². The number of nitrogens with zero attached hydrogens (tertiary/aromatic N) is 1. The Morgan fingerprint density at radius 3 is 3.12 bits per heavy atom. The fourth-order valence-corrected chi connectivity index (χ4v) is 1.69. The number of esters is 1. The number of hydrogen-bond donors (Lipinski definition) is 1. The molecule has 0 fully saturated rings. The summed E-state index contributed by atoms with van der Waals surface area (Å²) in [6.45, 7) is 1.75. The van der Waals surface area contributed by atoms with Crippen LogP contribution < -0.4 is 0 Å². The second kappa shape index (κ2) is 4.53. The minimum atomic E-state index is -0.271. The lowest BCUT2D eigenvalue weighted by molar-refractivity contribution is -0.140. The highest BCUT2D eigenvalue weighted by molar-refractivity contribution is 6.31. The van der Waals surface area contributed by atoms with E-state index in [1.165, 1.54) is 6.92 Å². The van der Waals surface area contributed by atoms with Gasteiger partial charge in [-0.3, -0.25) is 9.89 Å². The first-order valence-corrected chi connectivity index (χ1v) is 5.30. The molecule has 0 radical (unpaired) electrons. The van der Waals surface area contributed by atoms with Crippen molar-refractivity contribution in [3.05, 3.63) is 28.9 Å². The Labute approximate surface area is 97.5 Å². The van der Waals surface area contributed by atoms with Gasteiger partial charge in [0.05, 0.1) is 12.1 Å². The van der Waals surface area contributed by atoms with Crippen molar-refractivity contribution < 1.29 is 9.53 Å². The fourth-order valence-electron chi connectivity index (χ4n) is 1.53. The van der Waals surface area contributed by atoms with Gasteiger partial charge in [-0.05, 0) is 18.2 Å². The van der Waals surface area contributed by atoms with Crippen molar-refractivity contribution in [3.8, 4) is 0 Å². The molecule has 1 aromatic carbocycles. The molecular weight excluding hydrogens is 228 g/mol. The summed E-state index contributed by atoms with van der Waals surface area (Å²) < 4.78 is 4.88. The quantitative estimate of drug-likeness (QED) is 0.835. The van der Waals surface area contributed by atoms with Crippen molar-refractivity contribution in [2.24, 2.45) is 0 Å². The molecule has 5 heteroatoms. The van der Waals surface area contributed by atoms with E-state index >= 15 is 0 Å². The minimum absolute atomic E-state index is 0.271. The third-order valence-corrected chi connectivity index (χ3v) is 2.49. The van der Waals surface area contributed by atoms with Crippen LogP contribution in [0.4, 0.5) is 0 Å². The van der Waals surface area contributed by atoms with Gasteiger partial charge in [-0.2, -0.15) is 5.10 Å². The van der Waals surface area contributed by atoms with Gasteiger partial charge in [-0.15, -0.1) is 0 Å². The number of H-pyrrole nitrogens is 1. The van der Waals surface area contributed by atoms with Crippen LogP contribution in [0.1, 0.15) is 12.6 Å². The molecule has 84 valence electrons. The zero-order valence-corrected chi connectivity index (χ0v) is 9.54. The summed E-state index contributed by atoms with van der Waals surface area (Å²) in [4.78, 5) is 10.6. The number of carbonyl (C=O) groups is 1. The minimum Gasteiger partial charge on any atom is -0.465 e. The van der Waals surface area contributed by atoms with E-state index in [-0.39, 0.29) is 5.97 Å². The predicted octanol–water partition coefficient (Wildman–Crippen LogP) is 2.32. The molecule has 4 nitrogen and oxygen atoms in total. The van der Waals surface area contributed by atoms with Crippen molar-refractivity contribution in [1.29, 1.82) is 0 Å². The molecule has 2 rings (SSSR count). The van der Waals surface area contributed by atoms with Crippen molar-refractivity contribution in [2.75, 3.05) is 6.61 Å². The molecule has 0 spiro atoms. The Balaban J connectivity index is 2.15. The van der Waals surface area contributed by atoms with Crippen LogP contribution in [0.2, 0.25) is 5.02 Å². The van der Waals surface area contributed by atoms with Gasteiger partial charge in [0.2, 0.25) is 0 Å². The maximum absolute atomic E-state index is 10.6. The highest BCUT2D eigenvalue weighted by Crippen LogP contribution is 2.20. The molecular formula is C11H11ClN2O2. The van der Waals surface area contributed by atoms with E-state index in [2.05, 4.69) is 10.2 Å². The molecule has 0 atom stereocenters. The summed E-state index contributed by atoms with van der Waals surface area (Å²) in [5.74, 6) is -0.271. The van der Waals surface area contributed by atoms with Gasteiger partial charge in [0.25, 0.3) is 0 Å². The zero-order chi connectivity index (χ0) is 11.5. The van der Waals surface area contributed by atoms with E-state index in [0.717, 1.165) is 16.6 Å². The Morgan fingerprint density at radius 2 is 2.38 bits per heavy atom. The highest BCUT2D eigenvalue weighted by atomic mass is 35.5. The number of hydrogen-bond acceptors (Lipinski definition) is 3. The Hall–Kier alpha value is -1.55. The van der Waals surface area contributed by atoms with Crippen LogP contribution >= 0.6 is 11.6 Å². The molecule has 2 aromatic rings. The molecule has 0 saturated carbocycles. The van der Waals surface area contributed by atoms with Gasteiger partial charge in [-0.25, -0.2) is 0 Å². The summed E-state index contributed by atoms with van der Waals surface area (Å²) in [6, 6.07) is 5.52. The standard InChI is InChI=1S/C11H11ClN2O2/c1-7(15)16-5-4-10-9-3-2-8(12)6-11(9)14-13-10/h2-3,6H,4-5H2,1H3,(H,13,14). The summed E-state index contributed by atoms with van der Waals surface area (Å²) in [6.07, 6.45) is 0.623. The van der Waals surface area contributed by atoms with Gasteiger partial charge in [0.15, 0.2) is 0 Å². The summed E-state index contributed by atoms with van der Waals surface area (Å²) in [7, 11) is 0. The first kappa shape index (κ1) is 11.0. The molecule has 0 bridgehead atoms. The molecule has 0 aliphatic heterocycles. The lowest BCUT2D eigenvalue weighted by Crippen LogP contribution is -2.03. The maximum atomic E-state index is 10.6. The number of nitrogens with one attached hydrogen (secondary N) is 1. The van der Waals surface area contributed by atoms with E-state index in [0.29, 0.717) is 18.1 Å². The van der Waals surface area contributed by atoms with E-state index in [4.69, 9.17) is 16.3 Å². The average molecular weight is 239 g/mol. The third-order valence-electron chi connectivity index (χ3n) is 2.25. The normalized spacial score (nSPS) is 10.6. The van der Waals surface area contributed by atoms with Gasteiger partial charge in [0, 0.05) is 29.4 Å². The van der Waals surface area contributed by atoms with Crippen molar-refractivity contribution in [1.82, 2.24) is 10.2 Å². The van der Waals surface area contributed by atoms with E-state index in [9.17, 15) is 4.79 Å². The number of rotatable bonds is 3. The summed E-state index contributed by atoms with van der Waals surface area (Å²) in [5.41, 5.74) is 1.78. The largest absolute Gasteiger partial charge is 0.465 e. The Bertz CT molecular complexity index is 522. The Kier molecular flexibility index (Phi) is 3.10. The topological polar surface area (TPSA) is 55.0 Å². The average Bonchev–Trinajstić information content (AvgIpc) is 2.60. The molecule has 1 heterocycles. The fraction of sp³-hybridized carbons (Fsp3) is 0.273. The molecule has 1 N–H and O–H groups in total. The Morgan fingerprint density at radius 1 is 1.56 bits per heavy atom. The lowest BCUT2D eigenvalue weighted by Gasteiger charge is -2.00. The van der Waals surface area contributed by atoms with Crippen LogP contribution in [0.15, 0.2) is 18.2 Å². The van der Waals surface area contributed by atoms with Gasteiger partial charge < -0.3 is 4.74 Å². The van der Waals surface area contributed by atoms with Crippen LogP contribution in [0.25, 0.3) is 10.9 Å². The molecule has 16 heavy (non-hydrogen) atoms. The van der Waals surface area contributed by atoms with E-state index < -0.39 is 0 Å². The number of aromatic amines is 1. The SMILES string of the molecule is CC(=O)OCCc1[nH]nc2cc(Cl)ccc12. The second-order valence-corrected chi connectivity index (χ2v) is 3.89. The van der Waals surface area contributed by atoms with Crippen LogP contribution in [0.5, 0.6) is 0 Å². The van der Waals surface area contributed by atoms with Crippen LogP contribution in [-0.4, -0.2) is 22.8 Å². The lowest BCUT2D eigenvalue weighted by atomic mass is 10.2. The number of fused-ring (bicyclic) bond motifs is 1. The molecule has 0 unspecified atom stereocenters. The third kappa shape index (κ3) is 2.33. The van der Waals surface area contributed by atoms with Crippen LogP contribution in [0.3, 0.4) is 0 Å². The monoisotopic (exact) mass is 238 g/mol.